The molecular formula is C22H16B2ClF2N3O4. The van der Waals surface area contributed by atoms with Crippen molar-refractivity contribution in [1.82, 2.24) is 15.0 Å². The summed E-state index contributed by atoms with van der Waals surface area (Å²) < 4.78 is 29.2. The summed E-state index contributed by atoms with van der Waals surface area (Å²) >= 11 is 5.71. The van der Waals surface area contributed by atoms with E-state index in [0.717, 1.165) is 12.1 Å². The third-order valence-corrected chi connectivity index (χ3v) is 6.08. The standard InChI is InChI=1S/C22H16B2ClF2N3O4/c23-16-8-17(19(32)28-18(16)31)29-10-12-7-11(1-6-15(12)20(29)33)9-30(24)21(34)22(26,27)13-2-4-14(25)5-3-13/h1-7,16-17H,8-10H2,(H,28,31,32). The molecule has 1 N–H and O–H groups in total. The lowest BCUT2D eigenvalue weighted by molar-refractivity contribution is -0.154. The monoisotopic (exact) mass is 481 g/mol. The lowest BCUT2D eigenvalue weighted by Crippen LogP contribution is -2.54. The molecule has 170 valence electrons. The molecule has 4 rings (SSSR count). The number of benzene rings is 2. The van der Waals surface area contributed by atoms with E-state index < -0.39 is 47.0 Å². The first kappa shape index (κ1) is 23.9. The van der Waals surface area contributed by atoms with E-state index in [-0.39, 0.29) is 24.5 Å². The van der Waals surface area contributed by atoms with Gasteiger partial charge >= 0.3 is 5.92 Å². The number of rotatable bonds is 5. The van der Waals surface area contributed by atoms with Gasteiger partial charge in [0.1, 0.15) is 6.04 Å². The molecule has 2 aliphatic heterocycles. The van der Waals surface area contributed by atoms with E-state index in [1.165, 1.54) is 29.2 Å². The second-order valence-electron chi connectivity index (χ2n) is 8.15. The van der Waals surface area contributed by atoms with Crippen molar-refractivity contribution in [3.8, 4) is 0 Å². The lowest BCUT2D eigenvalue weighted by atomic mass is 9.78. The first-order chi connectivity index (χ1) is 16.0. The quantitative estimate of drug-likeness (QED) is 0.522. The van der Waals surface area contributed by atoms with Crippen LogP contribution in [0, 0.1) is 0 Å². The molecule has 0 bridgehead atoms. The SMILES string of the molecule is [B]C1CC(N2Cc3cc(CN([B])C(=O)C(F)(F)c4ccc(Cl)cc4)ccc3C2=O)C(=O)NC1=O. The smallest absolute Gasteiger partial charge is 0.348 e. The fourth-order valence-electron chi connectivity index (χ4n) is 4.00. The Morgan fingerprint density at radius 1 is 1.15 bits per heavy atom. The van der Waals surface area contributed by atoms with Crippen LogP contribution in [0.5, 0.6) is 0 Å². The van der Waals surface area contributed by atoms with Crippen molar-refractivity contribution < 1.29 is 28.0 Å². The molecule has 12 heteroatoms. The highest BCUT2D eigenvalue weighted by atomic mass is 35.5. The number of halogens is 3. The Bertz CT molecular complexity index is 1200. The van der Waals surface area contributed by atoms with Crippen molar-refractivity contribution in [2.45, 2.75) is 37.3 Å². The van der Waals surface area contributed by atoms with Gasteiger partial charge in [-0.25, -0.2) is 0 Å². The van der Waals surface area contributed by atoms with E-state index in [1.807, 2.05) is 0 Å². The van der Waals surface area contributed by atoms with Crippen LogP contribution in [0.3, 0.4) is 0 Å². The molecule has 2 unspecified atom stereocenters. The zero-order valence-electron chi connectivity index (χ0n) is 17.6. The summed E-state index contributed by atoms with van der Waals surface area (Å²) in [6.07, 6.45) is -0.0118. The second-order valence-corrected chi connectivity index (χ2v) is 8.59. The van der Waals surface area contributed by atoms with Crippen LogP contribution < -0.4 is 5.32 Å². The Labute approximate surface area is 201 Å². The maximum atomic E-state index is 14.6. The number of nitrogens with zero attached hydrogens (tertiary/aromatic N) is 2. The van der Waals surface area contributed by atoms with Crippen LogP contribution in [-0.2, 0) is 33.4 Å². The topological polar surface area (TPSA) is 86.8 Å². The molecule has 1 fully saturated rings. The van der Waals surface area contributed by atoms with Crippen molar-refractivity contribution in [2.75, 3.05) is 0 Å². The second kappa shape index (κ2) is 8.87. The van der Waals surface area contributed by atoms with Crippen molar-refractivity contribution in [3.63, 3.8) is 0 Å². The van der Waals surface area contributed by atoms with E-state index in [1.54, 1.807) is 6.07 Å². The van der Waals surface area contributed by atoms with E-state index in [0.29, 0.717) is 21.5 Å². The summed E-state index contributed by atoms with van der Waals surface area (Å²) in [6, 6.07) is 8.21. The van der Waals surface area contributed by atoms with Crippen molar-refractivity contribution in [3.05, 3.63) is 69.7 Å². The third kappa shape index (κ3) is 4.32. The minimum absolute atomic E-state index is 0.0118. The maximum Gasteiger partial charge on any atom is 0.348 e. The Balaban J connectivity index is 1.48. The van der Waals surface area contributed by atoms with Gasteiger partial charge < -0.3 is 9.71 Å². The molecule has 7 nitrogen and oxygen atoms in total. The predicted octanol–water partition coefficient (Wildman–Crippen LogP) is 1.87. The highest BCUT2D eigenvalue weighted by Gasteiger charge is 2.43. The van der Waals surface area contributed by atoms with Gasteiger partial charge in [0.2, 0.25) is 19.8 Å². The number of nitrogens with one attached hydrogen (secondary N) is 1. The van der Waals surface area contributed by atoms with Gasteiger partial charge in [0.25, 0.3) is 11.8 Å². The molecule has 34 heavy (non-hydrogen) atoms. The van der Waals surface area contributed by atoms with E-state index >= 15 is 0 Å². The van der Waals surface area contributed by atoms with Crippen LogP contribution in [0.4, 0.5) is 8.78 Å². The Morgan fingerprint density at radius 3 is 2.50 bits per heavy atom. The molecule has 2 aliphatic rings. The fraction of sp³-hybridized carbons (Fsp3) is 0.273. The molecule has 0 saturated carbocycles. The number of piperidine rings is 1. The molecule has 0 aliphatic carbocycles. The zero-order valence-corrected chi connectivity index (χ0v) is 18.4. The van der Waals surface area contributed by atoms with Crippen LogP contribution >= 0.6 is 11.6 Å². The number of hydrogen-bond donors (Lipinski definition) is 1. The molecule has 2 aromatic carbocycles. The molecule has 0 aromatic heterocycles. The number of imide groups is 1. The first-order valence-electron chi connectivity index (χ1n) is 10.2. The van der Waals surface area contributed by atoms with E-state index in [2.05, 4.69) is 5.32 Å². The Hall–Kier alpha value is -3.20. The van der Waals surface area contributed by atoms with Crippen molar-refractivity contribution in [2.24, 2.45) is 0 Å². The number of carbonyl (C=O) groups is 4. The minimum Gasteiger partial charge on any atom is -0.387 e. The minimum atomic E-state index is -3.87. The Morgan fingerprint density at radius 2 is 1.82 bits per heavy atom. The predicted molar refractivity (Wildman–Crippen MR) is 119 cm³/mol. The molecule has 4 radical (unpaired) electrons. The molecule has 0 spiro atoms. The van der Waals surface area contributed by atoms with Gasteiger partial charge in [0.05, 0.1) is 7.85 Å². The first-order valence-corrected chi connectivity index (χ1v) is 10.6. The van der Waals surface area contributed by atoms with Gasteiger partial charge in [-0.3, -0.25) is 24.5 Å². The van der Waals surface area contributed by atoms with Gasteiger partial charge in [0, 0.05) is 35.1 Å². The maximum absolute atomic E-state index is 14.6. The van der Waals surface area contributed by atoms with Gasteiger partial charge in [-0.05, 0) is 35.7 Å². The normalized spacial score (nSPS) is 20.2. The number of hydrogen-bond acceptors (Lipinski definition) is 4. The summed E-state index contributed by atoms with van der Waals surface area (Å²) in [4.78, 5) is 50.7. The summed E-state index contributed by atoms with van der Waals surface area (Å²) in [5.41, 5.74) is 0.723. The molecular weight excluding hydrogens is 465 g/mol. The average molecular weight is 481 g/mol. The van der Waals surface area contributed by atoms with Crippen LogP contribution in [0.1, 0.15) is 33.5 Å². The summed E-state index contributed by atoms with van der Waals surface area (Å²) in [6.45, 7) is -0.284. The van der Waals surface area contributed by atoms with E-state index in [9.17, 15) is 28.0 Å². The number of fused-ring (bicyclic) bond motifs is 1. The lowest BCUT2D eigenvalue weighted by Gasteiger charge is -2.32. The Kier molecular flexibility index (Phi) is 6.24. The van der Waals surface area contributed by atoms with Crippen LogP contribution in [0.2, 0.25) is 10.8 Å². The van der Waals surface area contributed by atoms with Gasteiger partial charge in [-0.2, -0.15) is 8.78 Å². The number of carbonyl (C=O) groups excluding carboxylic acids is 4. The van der Waals surface area contributed by atoms with E-state index in [4.69, 9.17) is 27.4 Å². The fourth-order valence-corrected chi connectivity index (χ4v) is 4.12. The van der Waals surface area contributed by atoms with Gasteiger partial charge in [-0.15, -0.1) is 0 Å². The molecule has 2 heterocycles. The zero-order chi connectivity index (χ0) is 24.8. The highest BCUT2D eigenvalue weighted by molar-refractivity contribution is 6.30. The van der Waals surface area contributed by atoms with Crippen molar-refractivity contribution >= 4 is 51.1 Å². The van der Waals surface area contributed by atoms with Gasteiger partial charge in [-0.1, -0.05) is 35.9 Å². The van der Waals surface area contributed by atoms with Crippen molar-refractivity contribution in [1.29, 1.82) is 0 Å². The van der Waals surface area contributed by atoms with Crippen LogP contribution in [0.25, 0.3) is 0 Å². The third-order valence-electron chi connectivity index (χ3n) is 5.83. The highest BCUT2D eigenvalue weighted by Crippen LogP contribution is 2.33. The van der Waals surface area contributed by atoms with Crippen LogP contribution in [0.15, 0.2) is 42.5 Å². The molecule has 1 saturated heterocycles. The number of amides is 4. The summed E-state index contributed by atoms with van der Waals surface area (Å²) in [5.74, 6) is -8.03. The molecule has 2 atom stereocenters. The van der Waals surface area contributed by atoms with Crippen LogP contribution in [-0.4, -0.2) is 55.2 Å². The summed E-state index contributed by atoms with van der Waals surface area (Å²) in [7, 11) is 11.4. The van der Waals surface area contributed by atoms with Gasteiger partial charge in [0.15, 0.2) is 0 Å². The summed E-state index contributed by atoms with van der Waals surface area (Å²) in [5, 5.41) is 2.40. The largest absolute Gasteiger partial charge is 0.387 e. The average Bonchev–Trinajstić information content (AvgIpc) is 3.11. The molecule has 2 aromatic rings. The molecule has 4 amide bonds. The number of alkyl halides is 2.